The van der Waals surface area contributed by atoms with Crippen LogP contribution in [0.25, 0.3) is 0 Å². The molecule has 1 aromatic carbocycles. The lowest BCUT2D eigenvalue weighted by Crippen LogP contribution is -2.04. The quantitative estimate of drug-likeness (QED) is 0.598. The van der Waals surface area contributed by atoms with Crippen molar-refractivity contribution in [3.8, 4) is 5.75 Å². The fourth-order valence-electron chi connectivity index (χ4n) is 1.45. The van der Waals surface area contributed by atoms with E-state index in [1.165, 1.54) is 11.8 Å². The van der Waals surface area contributed by atoms with Gasteiger partial charge in [0.25, 0.3) is 5.22 Å². The highest BCUT2D eigenvalue weighted by atomic mass is 32.2. The van der Waals surface area contributed by atoms with Gasteiger partial charge >= 0.3 is 11.9 Å². The second-order valence-electron chi connectivity index (χ2n) is 3.73. The first-order valence-electron chi connectivity index (χ1n) is 5.99. The highest BCUT2D eigenvalue weighted by molar-refractivity contribution is 7.98. The van der Waals surface area contributed by atoms with E-state index in [-0.39, 0.29) is 12.5 Å². The van der Waals surface area contributed by atoms with Crippen LogP contribution in [-0.2, 0) is 10.5 Å². The molecule has 2 rings (SSSR count). The van der Waals surface area contributed by atoms with Crippen molar-refractivity contribution in [2.75, 3.05) is 13.7 Å². The van der Waals surface area contributed by atoms with E-state index in [0.29, 0.717) is 11.0 Å². The van der Waals surface area contributed by atoms with Crippen LogP contribution in [-0.4, -0.2) is 29.9 Å². The minimum atomic E-state index is -0.603. The fraction of sp³-hybridized carbons (Fsp3) is 0.308. The monoisotopic (exact) mass is 294 g/mol. The number of carbonyl (C=O) groups excluding carboxylic acids is 1. The Hall–Kier alpha value is -2.02. The number of ether oxygens (including phenoxy) is 2. The lowest BCUT2D eigenvalue weighted by Gasteiger charge is -2.02. The summed E-state index contributed by atoms with van der Waals surface area (Å²) in [6, 6.07) is 7.68. The topological polar surface area (TPSA) is 74.5 Å². The Morgan fingerprint density at radius 2 is 2.25 bits per heavy atom. The van der Waals surface area contributed by atoms with E-state index in [4.69, 9.17) is 13.9 Å². The summed E-state index contributed by atoms with van der Waals surface area (Å²) in [7, 11) is 1.62. The van der Waals surface area contributed by atoms with Gasteiger partial charge in [-0.3, -0.25) is 0 Å². The molecule has 0 radical (unpaired) electrons. The van der Waals surface area contributed by atoms with Crippen molar-refractivity contribution in [2.24, 2.45) is 0 Å². The Kier molecular flexibility index (Phi) is 5.00. The van der Waals surface area contributed by atoms with Crippen molar-refractivity contribution >= 4 is 17.7 Å². The van der Waals surface area contributed by atoms with Crippen molar-refractivity contribution in [1.82, 2.24) is 10.2 Å². The van der Waals surface area contributed by atoms with E-state index in [9.17, 15) is 4.79 Å². The third kappa shape index (κ3) is 3.74. The molecule has 0 spiro atoms. The van der Waals surface area contributed by atoms with Crippen LogP contribution in [0.4, 0.5) is 0 Å². The van der Waals surface area contributed by atoms with Gasteiger partial charge in [-0.2, -0.15) is 0 Å². The lowest BCUT2D eigenvalue weighted by molar-refractivity contribution is 0.0475. The van der Waals surface area contributed by atoms with Gasteiger partial charge in [0.2, 0.25) is 0 Å². The van der Waals surface area contributed by atoms with Crippen molar-refractivity contribution in [3.63, 3.8) is 0 Å². The number of aromatic nitrogens is 2. The molecule has 0 N–H and O–H groups in total. The summed E-state index contributed by atoms with van der Waals surface area (Å²) in [5.74, 6) is 0.704. The molecule has 6 nitrogen and oxygen atoms in total. The standard InChI is InChI=1S/C13H14N2O4S/c1-3-18-12(16)11-14-15-13(19-11)20-8-9-5-4-6-10(7-9)17-2/h4-7H,3,8H2,1-2H3. The molecular formula is C13H14N2O4S. The van der Waals surface area contributed by atoms with Gasteiger partial charge in [-0.05, 0) is 24.6 Å². The highest BCUT2D eigenvalue weighted by Gasteiger charge is 2.16. The Balaban J connectivity index is 1.95. The molecule has 0 unspecified atom stereocenters. The summed E-state index contributed by atoms with van der Waals surface area (Å²) in [6.45, 7) is 1.99. The number of methoxy groups -OCH3 is 1. The van der Waals surface area contributed by atoms with Gasteiger partial charge in [0.1, 0.15) is 5.75 Å². The molecule has 2 aromatic rings. The molecule has 1 aromatic heterocycles. The number of carbonyl (C=O) groups is 1. The molecule has 0 aliphatic heterocycles. The normalized spacial score (nSPS) is 10.3. The van der Waals surface area contributed by atoms with Crippen molar-refractivity contribution in [2.45, 2.75) is 17.9 Å². The zero-order chi connectivity index (χ0) is 14.4. The van der Waals surface area contributed by atoms with E-state index in [0.717, 1.165) is 11.3 Å². The molecular weight excluding hydrogens is 280 g/mol. The maximum Gasteiger partial charge on any atom is 0.396 e. The first kappa shape index (κ1) is 14.4. The minimum absolute atomic E-state index is 0.125. The van der Waals surface area contributed by atoms with Crippen LogP contribution in [0.15, 0.2) is 33.9 Å². The SMILES string of the molecule is CCOC(=O)c1nnc(SCc2cccc(OC)c2)o1. The Morgan fingerprint density at radius 3 is 3.00 bits per heavy atom. The predicted octanol–water partition coefficient (Wildman–Crippen LogP) is 2.55. The van der Waals surface area contributed by atoms with Crippen LogP contribution in [0.1, 0.15) is 23.2 Å². The second-order valence-corrected chi connectivity index (χ2v) is 4.66. The Labute approximate surface area is 120 Å². The van der Waals surface area contributed by atoms with Crippen LogP contribution < -0.4 is 4.74 Å². The second kappa shape index (κ2) is 6.95. The lowest BCUT2D eigenvalue weighted by atomic mass is 10.2. The van der Waals surface area contributed by atoms with Crippen LogP contribution in [0.2, 0.25) is 0 Å². The van der Waals surface area contributed by atoms with Gasteiger partial charge < -0.3 is 13.9 Å². The fourth-order valence-corrected chi connectivity index (χ4v) is 2.16. The van der Waals surface area contributed by atoms with Gasteiger partial charge in [-0.1, -0.05) is 29.0 Å². The maximum atomic E-state index is 11.4. The van der Waals surface area contributed by atoms with E-state index in [1.54, 1.807) is 14.0 Å². The Morgan fingerprint density at radius 1 is 1.40 bits per heavy atom. The van der Waals surface area contributed by atoms with Crippen molar-refractivity contribution in [3.05, 3.63) is 35.7 Å². The summed E-state index contributed by atoms with van der Waals surface area (Å²) in [4.78, 5) is 11.4. The molecule has 0 aliphatic rings. The molecule has 0 fully saturated rings. The van der Waals surface area contributed by atoms with E-state index in [1.807, 2.05) is 24.3 Å². The number of thioether (sulfide) groups is 1. The van der Waals surface area contributed by atoms with Crippen molar-refractivity contribution < 1.29 is 18.7 Å². The average Bonchev–Trinajstić information content (AvgIpc) is 2.94. The summed E-state index contributed by atoms with van der Waals surface area (Å²) in [5.41, 5.74) is 1.06. The minimum Gasteiger partial charge on any atom is -0.497 e. The number of rotatable bonds is 6. The summed E-state index contributed by atoms with van der Waals surface area (Å²) >= 11 is 1.35. The average molecular weight is 294 g/mol. The molecule has 106 valence electrons. The van der Waals surface area contributed by atoms with Crippen LogP contribution in [0.5, 0.6) is 5.75 Å². The van der Waals surface area contributed by atoms with Crippen molar-refractivity contribution in [1.29, 1.82) is 0 Å². The van der Waals surface area contributed by atoms with Gasteiger partial charge in [0.15, 0.2) is 0 Å². The van der Waals surface area contributed by atoms with Gasteiger partial charge in [0.05, 0.1) is 13.7 Å². The molecule has 1 heterocycles. The number of nitrogens with zero attached hydrogens (tertiary/aromatic N) is 2. The molecule has 20 heavy (non-hydrogen) atoms. The van der Waals surface area contributed by atoms with Crippen LogP contribution >= 0.6 is 11.8 Å². The molecule has 0 atom stereocenters. The summed E-state index contributed by atoms with van der Waals surface area (Å²) in [6.07, 6.45) is 0. The highest BCUT2D eigenvalue weighted by Crippen LogP contribution is 2.23. The van der Waals surface area contributed by atoms with Gasteiger partial charge in [-0.25, -0.2) is 4.79 Å². The molecule has 0 saturated heterocycles. The largest absolute Gasteiger partial charge is 0.497 e. The number of esters is 1. The molecule has 0 amide bonds. The van der Waals surface area contributed by atoms with E-state index in [2.05, 4.69) is 10.2 Å². The zero-order valence-electron chi connectivity index (χ0n) is 11.2. The predicted molar refractivity (Wildman–Crippen MR) is 72.8 cm³/mol. The smallest absolute Gasteiger partial charge is 0.396 e. The number of hydrogen-bond acceptors (Lipinski definition) is 7. The first-order chi connectivity index (χ1) is 9.72. The molecule has 7 heteroatoms. The van der Waals surface area contributed by atoms with Gasteiger partial charge in [0, 0.05) is 5.75 Å². The molecule has 0 bridgehead atoms. The third-order valence-corrected chi connectivity index (χ3v) is 3.24. The zero-order valence-corrected chi connectivity index (χ0v) is 12.0. The molecule has 0 aliphatic carbocycles. The number of hydrogen-bond donors (Lipinski definition) is 0. The van der Waals surface area contributed by atoms with Gasteiger partial charge in [-0.15, -0.1) is 5.10 Å². The third-order valence-electron chi connectivity index (χ3n) is 2.35. The van der Waals surface area contributed by atoms with E-state index >= 15 is 0 Å². The Bertz CT molecular complexity index is 585. The van der Waals surface area contributed by atoms with Crippen LogP contribution in [0, 0.1) is 0 Å². The first-order valence-corrected chi connectivity index (χ1v) is 6.98. The van der Waals surface area contributed by atoms with E-state index < -0.39 is 5.97 Å². The summed E-state index contributed by atoms with van der Waals surface area (Å²) in [5, 5.41) is 7.76. The maximum absolute atomic E-state index is 11.4. The summed E-state index contributed by atoms with van der Waals surface area (Å²) < 4.78 is 15.1. The number of benzene rings is 1. The van der Waals surface area contributed by atoms with Crippen LogP contribution in [0.3, 0.4) is 0 Å². The molecule has 0 saturated carbocycles.